The van der Waals surface area contributed by atoms with Gasteiger partial charge in [0.15, 0.2) is 0 Å². The molecule has 1 atom stereocenters. The van der Waals surface area contributed by atoms with Crippen LogP contribution in [0.2, 0.25) is 0 Å². The van der Waals surface area contributed by atoms with Gasteiger partial charge in [-0.25, -0.2) is 9.97 Å². The Balaban J connectivity index is 1.20. The molecule has 170 valence electrons. The molecule has 2 spiro atoms. The summed E-state index contributed by atoms with van der Waals surface area (Å²) in [6.45, 7) is 11.5. The predicted molar refractivity (Wildman–Crippen MR) is 126 cm³/mol. The van der Waals surface area contributed by atoms with Crippen molar-refractivity contribution in [1.29, 1.82) is 0 Å². The molecule has 32 heavy (non-hydrogen) atoms. The monoisotopic (exact) mass is 432 g/mol. The first-order valence-corrected chi connectivity index (χ1v) is 12.5. The minimum atomic E-state index is 0.376. The molecule has 1 saturated carbocycles. The van der Waals surface area contributed by atoms with Crippen LogP contribution in [0.25, 0.3) is 0 Å². The second-order valence-corrected chi connectivity index (χ2v) is 11.0. The molecule has 0 N–H and O–H groups in total. The van der Waals surface area contributed by atoms with Gasteiger partial charge in [-0.05, 0) is 81.6 Å². The molecule has 5 heterocycles. The summed E-state index contributed by atoms with van der Waals surface area (Å²) in [6.07, 6.45) is 10.6. The lowest BCUT2D eigenvalue weighted by Gasteiger charge is -2.57. The quantitative estimate of drug-likeness (QED) is 0.722. The molecule has 0 radical (unpaired) electrons. The Morgan fingerprint density at radius 1 is 0.906 bits per heavy atom. The summed E-state index contributed by atoms with van der Waals surface area (Å²) in [4.78, 5) is 21.9. The molecule has 2 aromatic rings. The average molecular weight is 433 g/mol. The Kier molecular flexibility index (Phi) is 5.18. The third-order valence-corrected chi connectivity index (χ3v) is 8.58. The second-order valence-electron chi connectivity index (χ2n) is 11.0. The molecule has 0 aromatic carbocycles. The van der Waals surface area contributed by atoms with Crippen molar-refractivity contribution >= 4 is 5.95 Å². The Hall–Kier alpha value is -2.05. The molecule has 3 aliphatic heterocycles. The average Bonchev–Trinajstić information content (AvgIpc) is 3.55. The number of aromatic nitrogens is 3. The van der Waals surface area contributed by atoms with Crippen LogP contribution in [0.3, 0.4) is 0 Å². The van der Waals surface area contributed by atoms with Gasteiger partial charge in [0.05, 0.1) is 5.69 Å². The summed E-state index contributed by atoms with van der Waals surface area (Å²) >= 11 is 0. The molecule has 3 saturated heterocycles. The maximum absolute atomic E-state index is 4.76. The Morgan fingerprint density at radius 3 is 2.50 bits per heavy atom. The lowest BCUT2D eigenvalue weighted by molar-refractivity contribution is -0.0778. The van der Waals surface area contributed by atoms with Crippen molar-refractivity contribution in [2.75, 3.05) is 50.7 Å². The zero-order valence-corrected chi connectivity index (χ0v) is 19.4. The fourth-order valence-corrected chi connectivity index (χ4v) is 6.77. The number of anilines is 1. The number of likely N-dealkylation sites (tertiary alicyclic amines) is 2. The molecule has 6 heteroatoms. The highest BCUT2D eigenvalue weighted by molar-refractivity contribution is 5.37. The molecule has 6 nitrogen and oxygen atoms in total. The molecular weight excluding hydrogens is 396 g/mol. The number of aryl methyl sites for hydroxylation is 1. The summed E-state index contributed by atoms with van der Waals surface area (Å²) in [6, 6.07) is 8.34. The number of rotatable bonds is 5. The normalized spacial score (nSPS) is 28.2. The first kappa shape index (κ1) is 20.5. The van der Waals surface area contributed by atoms with Gasteiger partial charge >= 0.3 is 0 Å². The number of fused-ring (bicyclic) bond motifs is 1. The molecule has 4 fully saturated rings. The molecule has 2 aromatic heterocycles. The standard InChI is InChI=1S/C26H36N6/c1-21-5-2-6-23(29-21)16-30-13-3-9-25(10-14-30)19-32(24-27-11-4-12-28-24)20-26(25)17-31(18-26)15-22-7-8-22/h2,4-6,11-12,22H,3,7-10,13-20H2,1H3/t25-/m1/s1. The van der Waals surface area contributed by atoms with Gasteiger partial charge in [-0.1, -0.05) is 6.07 Å². The van der Waals surface area contributed by atoms with E-state index in [1.165, 1.54) is 70.5 Å². The molecular formula is C26H36N6. The van der Waals surface area contributed by atoms with Gasteiger partial charge in [-0.2, -0.15) is 0 Å². The van der Waals surface area contributed by atoms with Crippen LogP contribution in [0.4, 0.5) is 5.95 Å². The van der Waals surface area contributed by atoms with Gasteiger partial charge in [-0.15, -0.1) is 0 Å². The summed E-state index contributed by atoms with van der Waals surface area (Å²) in [5.41, 5.74) is 3.10. The number of hydrogen-bond acceptors (Lipinski definition) is 6. The zero-order chi connectivity index (χ0) is 21.6. The highest BCUT2D eigenvalue weighted by Crippen LogP contribution is 2.58. The van der Waals surface area contributed by atoms with E-state index in [2.05, 4.69) is 49.8 Å². The molecule has 4 aliphatic rings. The van der Waals surface area contributed by atoms with Crippen LogP contribution in [0, 0.1) is 23.7 Å². The summed E-state index contributed by atoms with van der Waals surface area (Å²) in [7, 11) is 0. The van der Waals surface area contributed by atoms with Crippen LogP contribution in [-0.4, -0.2) is 70.6 Å². The largest absolute Gasteiger partial charge is 0.340 e. The van der Waals surface area contributed by atoms with Crippen LogP contribution in [0.1, 0.15) is 43.5 Å². The van der Waals surface area contributed by atoms with Crippen molar-refractivity contribution in [3.63, 3.8) is 0 Å². The Morgan fingerprint density at radius 2 is 1.72 bits per heavy atom. The van der Waals surface area contributed by atoms with Gasteiger partial charge in [-0.3, -0.25) is 9.88 Å². The van der Waals surface area contributed by atoms with Crippen LogP contribution >= 0.6 is 0 Å². The molecule has 1 aliphatic carbocycles. The van der Waals surface area contributed by atoms with Crippen molar-refractivity contribution in [2.45, 2.75) is 45.6 Å². The summed E-state index contributed by atoms with van der Waals surface area (Å²) in [5, 5.41) is 0. The lowest BCUT2D eigenvalue weighted by Crippen LogP contribution is -2.64. The minimum Gasteiger partial charge on any atom is -0.340 e. The Labute approximate surface area is 192 Å². The van der Waals surface area contributed by atoms with E-state index in [-0.39, 0.29) is 0 Å². The molecule has 0 amide bonds. The first-order valence-electron chi connectivity index (χ1n) is 12.5. The summed E-state index contributed by atoms with van der Waals surface area (Å²) < 4.78 is 0. The third-order valence-electron chi connectivity index (χ3n) is 8.58. The number of hydrogen-bond donors (Lipinski definition) is 0. The van der Waals surface area contributed by atoms with E-state index in [1.807, 2.05) is 18.5 Å². The van der Waals surface area contributed by atoms with Crippen molar-refractivity contribution in [1.82, 2.24) is 24.8 Å². The number of nitrogens with zero attached hydrogens (tertiary/aromatic N) is 6. The summed E-state index contributed by atoms with van der Waals surface area (Å²) in [5.74, 6) is 1.90. The van der Waals surface area contributed by atoms with E-state index in [0.29, 0.717) is 10.8 Å². The first-order chi connectivity index (χ1) is 15.6. The van der Waals surface area contributed by atoms with Gasteiger partial charge in [0.1, 0.15) is 0 Å². The van der Waals surface area contributed by atoms with Gasteiger partial charge in [0, 0.05) is 62.8 Å². The smallest absolute Gasteiger partial charge is 0.225 e. The Bertz CT molecular complexity index is 938. The van der Waals surface area contributed by atoms with Gasteiger partial charge < -0.3 is 9.80 Å². The van der Waals surface area contributed by atoms with E-state index in [4.69, 9.17) is 4.98 Å². The van der Waals surface area contributed by atoms with Crippen molar-refractivity contribution in [2.24, 2.45) is 16.7 Å². The van der Waals surface area contributed by atoms with Gasteiger partial charge in [0.25, 0.3) is 0 Å². The third kappa shape index (κ3) is 3.81. The van der Waals surface area contributed by atoms with Crippen molar-refractivity contribution in [3.8, 4) is 0 Å². The molecule has 0 bridgehead atoms. The van der Waals surface area contributed by atoms with E-state index in [0.717, 1.165) is 37.2 Å². The predicted octanol–water partition coefficient (Wildman–Crippen LogP) is 3.38. The maximum Gasteiger partial charge on any atom is 0.225 e. The van der Waals surface area contributed by atoms with E-state index < -0.39 is 0 Å². The SMILES string of the molecule is Cc1cccc(CN2CCC[C@@]3(CC2)CN(c2ncccn2)CC32CN(CC3CC3)C2)n1. The fourth-order valence-electron chi connectivity index (χ4n) is 6.77. The minimum absolute atomic E-state index is 0.376. The highest BCUT2D eigenvalue weighted by atomic mass is 15.3. The lowest BCUT2D eigenvalue weighted by atomic mass is 9.58. The van der Waals surface area contributed by atoms with Crippen molar-refractivity contribution < 1.29 is 0 Å². The van der Waals surface area contributed by atoms with Crippen LogP contribution in [0.15, 0.2) is 36.7 Å². The second kappa shape index (κ2) is 8.07. The topological polar surface area (TPSA) is 48.4 Å². The van der Waals surface area contributed by atoms with Crippen molar-refractivity contribution in [3.05, 3.63) is 48.0 Å². The van der Waals surface area contributed by atoms with Crippen LogP contribution < -0.4 is 4.90 Å². The van der Waals surface area contributed by atoms with Crippen LogP contribution in [-0.2, 0) is 6.54 Å². The zero-order valence-electron chi connectivity index (χ0n) is 19.4. The van der Waals surface area contributed by atoms with Gasteiger partial charge in [0.2, 0.25) is 5.95 Å². The van der Waals surface area contributed by atoms with E-state index in [9.17, 15) is 0 Å². The highest BCUT2D eigenvalue weighted by Gasteiger charge is 2.63. The maximum atomic E-state index is 4.76. The fraction of sp³-hybridized carbons (Fsp3) is 0.654. The van der Waals surface area contributed by atoms with E-state index >= 15 is 0 Å². The molecule has 6 rings (SSSR count). The number of pyridine rings is 1. The van der Waals surface area contributed by atoms with Crippen LogP contribution in [0.5, 0.6) is 0 Å². The van der Waals surface area contributed by atoms with E-state index in [1.54, 1.807) is 0 Å². The molecule has 0 unspecified atom stereocenters.